The second kappa shape index (κ2) is 5.81. The summed E-state index contributed by atoms with van der Waals surface area (Å²) >= 11 is 0. The van der Waals surface area contributed by atoms with Crippen LogP contribution in [0, 0.1) is 5.92 Å². The van der Waals surface area contributed by atoms with Gasteiger partial charge < -0.3 is 0 Å². The lowest BCUT2D eigenvalue weighted by atomic mass is 9.87. The van der Waals surface area contributed by atoms with Crippen molar-refractivity contribution >= 4 is 5.78 Å². The maximum Gasteiger partial charge on any atom is 0.152 e. The predicted molar refractivity (Wildman–Crippen MR) is 68.6 cm³/mol. The molecule has 2 nitrogen and oxygen atoms in total. The minimum atomic E-state index is -0.237. The van der Waals surface area contributed by atoms with Gasteiger partial charge in [-0.3, -0.25) is 9.69 Å². The molecule has 0 aromatic rings. The molecular formula is C14H27NO. The van der Waals surface area contributed by atoms with E-state index in [1.165, 1.54) is 12.8 Å². The molecule has 1 heterocycles. The standard InChI is InChI=1S/C14H27NO/c1-5-12(6-2)11-13(16)14(3,4)15-9-7-8-10-15/h12H,5-11H2,1-4H3. The molecule has 94 valence electrons. The number of carbonyl (C=O) groups is 1. The quantitative estimate of drug-likeness (QED) is 0.691. The van der Waals surface area contributed by atoms with Gasteiger partial charge in [0, 0.05) is 6.42 Å². The second-order valence-corrected chi connectivity index (χ2v) is 5.56. The van der Waals surface area contributed by atoms with Crippen LogP contribution in [0.15, 0.2) is 0 Å². The fraction of sp³-hybridized carbons (Fsp3) is 0.929. The summed E-state index contributed by atoms with van der Waals surface area (Å²) in [6, 6.07) is 0. The molecule has 1 rings (SSSR count). The van der Waals surface area contributed by atoms with E-state index in [4.69, 9.17) is 0 Å². The Balaban J connectivity index is 2.56. The Kier molecular flexibility index (Phi) is 4.97. The van der Waals surface area contributed by atoms with Gasteiger partial charge in [-0.15, -0.1) is 0 Å². The molecule has 16 heavy (non-hydrogen) atoms. The minimum Gasteiger partial charge on any atom is -0.298 e. The fourth-order valence-electron chi connectivity index (χ4n) is 2.54. The van der Waals surface area contributed by atoms with E-state index in [1.807, 2.05) is 0 Å². The molecule has 0 aliphatic carbocycles. The molecule has 0 unspecified atom stereocenters. The number of ketones is 1. The average Bonchev–Trinajstić information content (AvgIpc) is 2.79. The van der Waals surface area contributed by atoms with Crippen LogP contribution >= 0.6 is 0 Å². The van der Waals surface area contributed by atoms with Crippen molar-refractivity contribution in [2.75, 3.05) is 13.1 Å². The van der Waals surface area contributed by atoms with Crippen LogP contribution in [0.3, 0.4) is 0 Å². The average molecular weight is 225 g/mol. The first-order chi connectivity index (χ1) is 7.52. The third-order valence-corrected chi connectivity index (χ3v) is 4.21. The molecule has 0 aromatic heterocycles. The molecule has 0 saturated carbocycles. The molecule has 0 aromatic carbocycles. The zero-order valence-electron chi connectivity index (χ0n) is 11.4. The van der Waals surface area contributed by atoms with Crippen LogP contribution < -0.4 is 0 Å². The highest BCUT2D eigenvalue weighted by atomic mass is 16.1. The van der Waals surface area contributed by atoms with E-state index < -0.39 is 0 Å². The topological polar surface area (TPSA) is 20.3 Å². The van der Waals surface area contributed by atoms with Gasteiger partial charge in [-0.05, 0) is 45.7 Å². The van der Waals surface area contributed by atoms with Crippen LogP contribution in [0.2, 0.25) is 0 Å². The molecule has 2 heteroatoms. The lowest BCUT2D eigenvalue weighted by molar-refractivity contribution is -0.129. The number of hydrogen-bond acceptors (Lipinski definition) is 2. The Labute approximate surface area is 100 Å². The predicted octanol–water partition coefficient (Wildman–Crippen LogP) is 3.26. The lowest BCUT2D eigenvalue weighted by Gasteiger charge is -2.34. The van der Waals surface area contributed by atoms with Crippen molar-refractivity contribution in [1.29, 1.82) is 0 Å². The van der Waals surface area contributed by atoms with Crippen molar-refractivity contribution in [3.05, 3.63) is 0 Å². The van der Waals surface area contributed by atoms with E-state index in [0.29, 0.717) is 11.7 Å². The first-order valence-corrected chi connectivity index (χ1v) is 6.80. The number of carbonyl (C=O) groups excluding carboxylic acids is 1. The monoisotopic (exact) mass is 225 g/mol. The van der Waals surface area contributed by atoms with Crippen molar-refractivity contribution in [2.24, 2.45) is 5.92 Å². The Morgan fingerprint density at radius 3 is 2.12 bits per heavy atom. The summed E-state index contributed by atoms with van der Waals surface area (Å²) in [5.74, 6) is 1.01. The van der Waals surface area contributed by atoms with Crippen molar-refractivity contribution in [2.45, 2.75) is 65.3 Å². The van der Waals surface area contributed by atoms with Gasteiger partial charge in [0.1, 0.15) is 0 Å². The van der Waals surface area contributed by atoms with Gasteiger partial charge >= 0.3 is 0 Å². The van der Waals surface area contributed by atoms with E-state index in [9.17, 15) is 4.79 Å². The second-order valence-electron chi connectivity index (χ2n) is 5.56. The SMILES string of the molecule is CCC(CC)CC(=O)C(C)(C)N1CCCC1. The summed E-state index contributed by atoms with van der Waals surface area (Å²) < 4.78 is 0. The molecule has 0 amide bonds. The van der Waals surface area contributed by atoms with Gasteiger partial charge in [-0.25, -0.2) is 0 Å². The smallest absolute Gasteiger partial charge is 0.152 e. The normalized spacial score (nSPS) is 18.3. The van der Waals surface area contributed by atoms with E-state index in [-0.39, 0.29) is 5.54 Å². The van der Waals surface area contributed by atoms with Gasteiger partial charge in [0.05, 0.1) is 5.54 Å². The van der Waals surface area contributed by atoms with E-state index in [1.54, 1.807) is 0 Å². The summed E-state index contributed by atoms with van der Waals surface area (Å²) in [7, 11) is 0. The molecule has 0 atom stereocenters. The Morgan fingerprint density at radius 2 is 1.69 bits per heavy atom. The maximum atomic E-state index is 12.3. The molecule has 1 fully saturated rings. The highest BCUT2D eigenvalue weighted by molar-refractivity contribution is 5.87. The maximum absolute atomic E-state index is 12.3. The van der Waals surface area contributed by atoms with Crippen molar-refractivity contribution in [3.8, 4) is 0 Å². The number of likely N-dealkylation sites (tertiary alicyclic amines) is 1. The van der Waals surface area contributed by atoms with E-state index in [0.717, 1.165) is 32.4 Å². The highest BCUT2D eigenvalue weighted by Crippen LogP contribution is 2.25. The molecule has 1 aliphatic heterocycles. The van der Waals surface area contributed by atoms with Gasteiger partial charge in [0.2, 0.25) is 0 Å². The number of hydrogen-bond donors (Lipinski definition) is 0. The van der Waals surface area contributed by atoms with Crippen molar-refractivity contribution in [1.82, 2.24) is 4.90 Å². The van der Waals surface area contributed by atoms with Crippen molar-refractivity contribution in [3.63, 3.8) is 0 Å². The molecule has 1 saturated heterocycles. The zero-order valence-corrected chi connectivity index (χ0v) is 11.4. The van der Waals surface area contributed by atoms with Crippen LogP contribution in [0.5, 0.6) is 0 Å². The number of rotatable bonds is 6. The van der Waals surface area contributed by atoms with Gasteiger partial charge in [-0.2, -0.15) is 0 Å². The summed E-state index contributed by atoms with van der Waals surface area (Å²) in [6.07, 6.45) is 5.51. The highest BCUT2D eigenvalue weighted by Gasteiger charge is 2.35. The number of nitrogens with zero attached hydrogens (tertiary/aromatic N) is 1. The van der Waals surface area contributed by atoms with Gasteiger partial charge in [0.15, 0.2) is 5.78 Å². The van der Waals surface area contributed by atoms with Crippen molar-refractivity contribution < 1.29 is 4.79 Å². The van der Waals surface area contributed by atoms with Crippen LogP contribution in [-0.2, 0) is 4.79 Å². The van der Waals surface area contributed by atoms with Crippen LogP contribution in [0.4, 0.5) is 0 Å². The molecule has 0 N–H and O–H groups in total. The Bertz CT molecular complexity index is 225. The lowest BCUT2D eigenvalue weighted by Crippen LogP contribution is -2.49. The van der Waals surface area contributed by atoms with Crippen LogP contribution in [-0.4, -0.2) is 29.3 Å². The van der Waals surface area contributed by atoms with Crippen LogP contribution in [0.25, 0.3) is 0 Å². The zero-order chi connectivity index (χ0) is 12.2. The summed E-state index contributed by atoms with van der Waals surface area (Å²) in [4.78, 5) is 14.7. The van der Waals surface area contributed by atoms with E-state index >= 15 is 0 Å². The Hall–Kier alpha value is -0.370. The molecule has 0 radical (unpaired) electrons. The summed E-state index contributed by atoms with van der Waals surface area (Å²) in [5.41, 5.74) is -0.237. The van der Waals surface area contributed by atoms with E-state index in [2.05, 4.69) is 32.6 Å². The first-order valence-electron chi connectivity index (χ1n) is 6.80. The largest absolute Gasteiger partial charge is 0.298 e. The first kappa shape index (κ1) is 13.7. The molecule has 1 aliphatic rings. The molecular weight excluding hydrogens is 198 g/mol. The third-order valence-electron chi connectivity index (χ3n) is 4.21. The van der Waals surface area contributed by atoms with Gasteiger partial charge in [-0.1, -0.05) is 26.7 Å². The summed E-state index contributed by atoms with van der Waals surface area (Å²) in [5, 5.41) is 0. The Morgan fingerprint density at radius 1 is 1.19 bits per heavy atom. The fourth-order valence-corrected chi connectivity index (χ4v) is 2.54. The molecule has 0 bridgehead atoms. The minimum absolute atomic E-state index is 0.237. The molecule has 0 spiro atoms. The summed E-state index contributed by atoms with van der Waals surface area (Å²) in [6.45, 7) is 10.8. The number of Topliss-reactive ketones (excluding diaryl/α,β-unsaturated/α-hetero) is 1. The third kappa shape index (κ3) is 3.07. The van der Waals surface area contributed by atoms with Crippen LogP contribution in [0.1, 0.15) is 59.8 Å². The van der Waals surface area contributed by atoms with Gasteiger partial charge in [0.25, 0.3) is 0 Å².